The predicted octanol–water partition coefficient (Wildman–Crippen LogP) is 2.15. The summed E-state index contributed by atoms with van der Waals surface area (Å²) in [6.45, 7) is 2.16. The van der Waals surface area contributed by atoms with Crippen molar-refractivity contribution < 1.29 is 9.21 Å². The molecule has 0 aliphatic heterocycles. The molecule has 1 aromatic carbocycles. The van der Waals surface area contributed by atoms with E-state index in [1.165, 1.54) is 6.21 Å². The van der Waals surface area contributed by atoms with E-state index in [0.717, 1.165) is 11.3 Å². The second-order valence-electron chi connectivity index (χ2n) is 4.03. The van der Waals surface area contributed by atoms with E-state index >= 15 is 0 Å². The highest BCUT2D eigenvalue weighted by Gasteiger charge is 1.99. The average molecular weight is 257 g/mol. The van der Waals surface area contributed by atoms with Crippen molar-refractivity contribution >= 4 is 17.8 Å². The van der Waals surface area contributed by atoms with Crippen LogP contribution in [0.5, 0.6) is 0 Å². The molecule has 0 aliphatic rings. The fraction of sp³-hybridized carbons (Fsp3) is 0.143. The number of anilines is 1. The third-order valence-corrected chi connectivity index (χ3v) is 2.40. The summed E-state index contributed by atoms with van der Waals surface area (Å²) in [5.41, 5.74) is 4.46. The Labute approximate surface area is 111 Å². The molecular weight excluding hydrogens is 242 g/mol. The minimum absolute atomic E-state index is 0.166. The maximum absolute atomic E-state index is 11.5. The summed E-state index contributed by atoms with van der Waals surface area (Å²) in [6, 6.07) is 11.3. The first kappa shape index (κ1) is 12.9. The molecule has 1 aromatic heterocycles. The summed E-state index contributed by atoms with van der Waals surface area (Å²) in [6.07, 6.45) is 2.99. The molecule has 98 valence electrons. The molecule has 0 unspecified atom stereocenters. The van der Waals surface area contributed by atoms with Crippen molar-refractivity contribution in [2.45, 2.75) is 6.92 Å². The average Bonchev–Trinajstić information content (AvgIpc) is 2.90. The van der Waals surface area contributed by atoms with Crippen molar-refractivity contribution in [1.29, 1.82) is 0 Å². The summed E-state index contributed by atoms with van der Waals surface area (Å²) < 4.78 is 5.04. The molecule has 5 heteroatoms. The van der Waals surface area contributed by atoms with Gasteiger partial charge in [0.15, 0.2) is 0 Å². The zero-order chi connectivity index (χ0) is 13.5. The number of furan rings is 1. The molecular formula is C14H15N3O2. The highest BCUT2D eigenvalue weighted by atomic mass is 16.3. The minimum atomic E-state index is -0.218. The number of rotatable bonds is 5. The number of nitrogens with one attached hydrogen (secondary N) is 2. The van der Waals surface area contributed by atoms with Gasteiger partial charge >= 0.3 is 0 Å². The lowest BCUT2D eigenvalue weighted by Crippen LogP contribution is -2.25. The number of hydrogen-bond donors (Lipinski definition) is 2. The van der Waals surface area contributed by atoms with Gasteiger partial charge in [0.05, 0.1) is 19.0 Å². The third-order valence-electron chi connectivity index (χ3n) is 2.40. The number of hydrogen-bond acceptors (Lipinski definition) is 4. The van der Waals surface area contributed by atoms with Gasteiger partial charge in [0, 0.05) is 5.69 Å². The van der Waals surface area contributed by atoms with Gasteiger partial charge in [-0.2, -0.15) is 5.10 Å². The van der Waals surface area contributed by atoms with Crippen LogP contribution < -0.4 is 10.7 Å². The molecule has 0 aliphatic carbocycles. The summed E-state index contributed by atoms with van der Waals surface area (Å²) in [5, 5.41) is 6.80. The fourth-order valence-corrected chi connectivity index (χ4v) is 1.51. The SMILES string of the molecule is Cc1cccc(NCC(=O)N/N=C/c2ccco2)c1. The van der Waals surface area contributed by atoms with Gasteiger partial charge in [0.25, 0.3) is 5.91 Å². The highest BCUT2D eigenvalue weighted by molar-refractivity contribution is 5.83. The zero-order valence-electron chi connectivity index (χ0n) is 10.6. The van der Waals surface area contributed by atoms with Gasteiger partial charge in [-0.25, -0.2) is 5.43 Å². The molecule has 0 atom stereocenters. The Bertz CT molecular complexity index is 562. The predicted molar refractivity (Wildman–Crippen MR) is 74.1 cm³/mol. The van der Waals surface area contributed by atoms with Crippen LogP contribution in [0, 0.1) is 6.92 Å². The van der Waals surface area contributed by atoms with Crippen LogP contribution in [0.25, 0.3) is 0 Å². The Morgan fingerprint density at radius 1 is 1.37 bits per heavy atom. The molecule has 2 aromatic rings. The van der Waals surface area contributed by atoms with Crippen LogP contribution in [0.15, 0.2) is 52.2 Å². The van der Waals surface area contributed by atoms with E-state index in [2.05, 4.69) is 15.8 Å². The van der Waals surface area contributed by atoms with Gasteiger partial charge in [-0.05, 0) is 36.8 Å². The molecule has 0 radical (unpaired) electrons. The van der Waals surface area contributed by atoms with E-state index in [-0.39, 0.29) is 12.5 Å². The molecule has 1 heterocycles. The van der Waals surface area contributed by atoms with Gasteiger partial charge < -0.3 is 9.73 Å². The molecule has 2 N–H and O–H groups in total. The van der Waals surface area contributed by atoms with Gasteiger partial charge in [-0.1, -0.05) is 12.1 Å². The Balaban J connectivity index is 1.76. The first-order valence-electron chi connectivity index (χ1n) is 5.90. The molecule has 19 heavy (non-hydrogen) atoms. The van der Waals surface area contributed by atoms with Crippen molar-refractivity contribution in [2.75, 3.05) is 11.9 Å². The Kier molecular flexibility index (Phi) is 4.34. The Morgan fingerprint density at radius 3 is 3.00 bits per heavy atom. The molecule has 2 rings (SSSR count). The lowest BCUT2D eigenvalue weighted by Gasteiger charge is -2.05. The number of carbonyl (C=O) groups excluding carboxylic acids is 1. The maximum Gasteiger partial charge on any atom is 0.259 e. The number of aryl methyl sites for hydroxylation is 1. The van der Waals surface area contributed by atoms with E-state index in [9.17, 15) is 4.79 Å². The zero-order valence-corrected chi connectivity index (χ0v) is 10.6. The van der Waals surface area contributed by atoms with Crippen molar-refractivity contribution in [3.8, 4) is 0 Å². The van der Waals surface area contributed by atoms with E-state index in [1.54, 1.807) is 18.4 Å². The number of carbonyl (C=O) groups is 1. The van der Waals surface area contributed by atoms with E-state index < -0.39 is 0 Å². The first-order chi connectivity index (χ1) is 9.24. The van der Waals surface area contributed by atoms with Gasteiger partial charge in [0.1, 0.15) is 5.76 Å². The second-order valence-corrected chi connectivity index (χ2v) is 4.03. The number of amides is 1. The molecule has 1 amide bonds. The van der Waals surface area contributed by atoms with Crippen LogP contribution in [-0.4, -0.2) is 18.7 Å². The monoisotopic (exact) mass is 257 g/mol. The van der Waals surface area contributed by atoms with E-state index in [4.69, 9.17) is 4.42 Å². The van der Waals surface area contributed by atoms with Crippen molar-refractivity contribution in [3.05, 3.63) is 54.0 Å². The van der Waals surface area contributed by atoms with Crippen LogP contribution in [0.3, 0.4) is 0 Å². The lowest BCUT2D eigenvalue weighted by molar-refractivity contribution is -0.119. The van der Waals surface area contributed by atoms with Gasteiger partial charge in [-0.3, -0.25) is 4.79 Å². The first-order valence-corrected chi connectivity index (χ1v) is 5.90. The molecule has 0 spiro atoms. The topological polar surface area (TPSA) is 66.6 Å². The van der Waals surface area contributed by atoms with Crippen molar-refractivity contribution in [2.24, 2.45) is 5.10 Å². The van der Waals surface area contributed by atoms with Crippen LogP contribution in [0.4, 0.5) is 5.69 Å². The van der Waals surface area contributed by atoms with Crippen LogP contribution in [0.2, 0.25) is 0 Å². The smallest absolute Gasteiger partial charge is 0.259 e. The molecule has 0 fully saturated rings. The van der Waals surface area contributed by atoms with E-state index in [1.807, 2.05) is 31.2 Å². The molecule has 0 saturated carbocycles. The minimum Gasteiger partial charge on any atom is -0.463 e. The largest absolute Gasteiger partial charge is 0.463 e. The number of hydrazone groups is 1. The normalized spacial score (nSPS) is 10.6. The lowest BCUT2D eigenvalue weighted by atomic mass is 10.2. The van der Waals surface area contributed by atoms with Crippen molar-refractivity contribution in [3.63, 3.8) is 0 Å². The molecule has 5 nitrogen and oxygen atoms in total. The summed E-state index contributed by atoms with van der Waals surface area (Å²) in [7, 11) is 0. The number of benzene rings is 1. The third kappa shape index (κ3) is 4.31. The Hall–Kier alpha value is -2.56. The van der Waals surface area contributed by atoms with E-state index in [0.29, 0.717) is 5.76 Å². The van der Waals surface area contributed by atoms with Crippen LogP contribution in [0.1, 0.15) is 11.3 Å². The molecule has 0 bridgehead atoms. The standard InChI is InChI=1S/C14H15N3O2/c1-11-4-2-5-12(8-11)15-10-14(18)17-16-9-13-6-3-7-19-13/h2-9,15H,10H2,1H3,(H,17,18)/b16-9+. The molecule has 0 saturated heterocycles. The highest BCUT2D eigenvalue weighted by Crippen LogP contribution is 2.08. The summed E-state index contributed by atoms with van der Waals surface area (Å²) in [5.74, 6) is 0.372. The van der Waals surface area contributed by atoms with Crippen LogP contribution in [-0.2, 0) is 4.79 Å². The van der Waals surface area contributed by atoms with Gasteiger partial charge in [-0.15, -0.1) is 0 Å². The van der Waals surface area contributed by atoms with Crippen LogP contribution >= 0.6 is 0 Å². The summed E-state index contributed by atoms with van der Waals surface area (Å²) in [4.78, 5) is 11.5. The fourth-order valence-electron chi connectivity index (χ4n) is 1.51. The maximum atomic E-state index is 11.5. The summed E-state index contributed by atoms with van der Waals surface area (Å²) >= 11 is 0. The quantitative estimate of drug-likeness (QED) is 0.637. The Morgan fingerprint density at radius 2 is 2.26 bits per heavy atom. The van der Waals surface area contributed by atoms with Crippen molar-refractivity contribution in [1.82, 2.24) is 5.43 Å². The van der Waals surface area contributed by atoms with Gasteiger partial charge in [0.2, 0.25) is 0 Å². The number of nitrogens with zero attached hydrogens (tertiary/aromatic N) is 1. The second kappa shape index (κ2) is 6.39.